The summed E-state index contributed by atoms with van der Waals surface area (Å²) >= 11 is 0. The number of nitrogens with one attached hydrogen (secondary N) is 1. The van der Waals surface area contributed by atoms with Gasteiger partial charge in [-0.2, -0.15) is 0 Å². The van der Waals surface area contributed by atoms with Crippen molar-refractivity contribution in [3.63, 3.8) is 0 Å². The van der Waals surface area contributed by atoms with Crippen LogP contribution in [0.25, 0.3) is 0 Å². The number of nitrogens with zero attached hydrogens (tertiary/aromatic N) is 1. The minimum atomic E-state index is -0.447. The van der Waals surface area contributed by atoms with E-state index >= 15 is 0 Å². The number of hydrogen-bond acceptors (Lipinski definition) is 2. The Morgan fingerprint density at radius 3 is 2.65 bits per heavy atom. The highest BCUT2D eigenvalue weighted by Crippen LogP contribution is 2.08. The highest BCUT2D eigenvalue weighted by atomic mass is 16.5. The van der Waals surface area contributed by atoms with E-state index in [2.05, 4.69) is 5.32 Å². The largest absolute Gasteiger partial charge is 0.412 e. The maximum Gasteiger partial charge on any atom is 0.412 e. The van der Waals surface area contributed by atoms with Crippen LogP contribution in [0.5, 0.6) is 5.75 Å². The number of rotatable bonds is 3. The first kappa shape index (κ1) is 11.3. The molecule has 0 aliphatic carbocycles. The third kappa shape index (κ3) is 3.11. The Balaban J connectivity index is 1.84. The number of aryl methyl sites for hydroxylation is 1. The summed E-state index contributed by atoms with van der Waals surface area (Å²) in [5.41, 5.74) is 1.02. The molecule has 0 aliphatic rings. The second-order valence-corrected chi connectivity index (χ2v) is 3.67. The van der Waals surface area contributed by atoms with Crippen LogP contribution >= 0.6 is 0 Å². The van der Waals surface area contributed by atoms with Gasteiger partial charge in [0.15, 0.2) is 0 Å². The summed E-state index contributed by atoms with van der Waals surface area (Å²) in [6, 6.07) is 12.9. The molecule has 1 heterocycles. The predicted octanol–water partition coefficient (Wildman–Crippen LogP) is 2.31. The summed E-state index contributed by atoms with van der Waals surface area (Å²) in [7, 11) is 1.93. The molecule has 0 unspecified atom stereocenters. The smallest absolute Gasteiger partial charge is 0.410 e. The maximum absolute atomic E-state index is 11.5. The van der Waals surface area contributed by atoms with E-state index in [-0.39, 0.29) is 0 Å². The number of benzene rings is 1. The van der Waals surface area contributed by atoms with Crippen LogP contribution in [0.2, 0.25) is 0 Å². The van der Waals surface area contributed by atoms with Gasteiger partial charge in [0.1, 0.15) is 5.75 Å². The van der Waals surface area contributed by atoms with Gasteiger partial charge in [0.05, 0.1) is 6.54 Å². The van der Waals surface area contributed by atoms with Gasteiger partial charge < -0.3 is 14.6 Å². The fraction of sp³-hybridized carbons (Fsp3) is 0.154. The first-order valence-corrected chi connectivity index (χ1v) is 5.36. The normalized spacial score (nSPS) is 9.94. The second-order valence-electron chi connectivity index (χ2n) is 3.67. The second kappa shape index (κ2) is 5.21. The van der Waals surface area contributed by atoms with E-state index in [1.807, 2.05) is 48.1 Å². The molecule has 2 rings (SSSR count). The molecule has 1 aromatic heterocycles. The lowest BCUT2D eigenvalue weighted by molar-refractivity contribution is 0.199. The average Bonchev–Trinajstić information content (AvgIpc) is 2.74. The summed E-state index contributed by atoms with van der Waals surface area (Å²) in [5.74, 6) is 0.539. The van der Waals surface area contributed by atoms with E-state index in [9.17, 15) is 4.79 Å². The van der Waals surface area contributed by atoms with Crippen molar-refractivity contribution in [1.82, 2.24) is 9.88 Å². The van der Waals surface area contributed by atoms with Gasteiger partial charge in [-0.05, 0) is 24.3 Å². The molecule has 1 aromatic carbocycles. The number of carbonyl (C=O) groups is 1. The van der Waals surface area contributed by atoms with Crippen molar-refractivity contribution in [3.8, 4) is 5.75 Å². The Labute approximate surface area is 99.8 Å². The first-order chi connectivity index (χ1) is 8.25. The summed E-state index contributed by atoms with van der Waals surface area (Å²) in [6.07, 6.45) is 1.48. The van der Waals surface area contributed by atoms with Gasteiger partial charge in [-0.1, -0.05) is 18.2 Å². The van der Waals surface area contributed by atoms with Gasteiger partial charge in [0, 0.05) is 18.9 Å². The van der Waals surface area contributed by atoms with Crippen LogP contribution in [0.1, 0.15) is 5.69 Å². The van der Waals surface area contributed by atoms with Crippen LogP contribution in [0, 0.1) is 0 Å². The summed E-state index contributed by atoms with van der Waals surface area (Å²) in [6.45, 7) is 0.454. The molecule has 1 amide bonds. The van der Waals surface area contributed by atoms with Crippen LogP contribution in [0.4, 0.5) is 4.79 Å². The van der Waals surface area contributed by atoms with Crippen molar-refractivity contribution in [1.29, 1.82) is 0 Å². The lowest BCUT2D eigenvalue weighted by atomic mass is 10.3. The number of aromatic nitrogens is 1. The summed E-state index contributed by atoms with van der Waals surface area (Å²) < 4.78 is 7.04. The molecule has 4 heteroatoms. The Morgan fingerprint density at radius 1 is 1.24 bits per heavy atom. The highest BCUT2D eigenvalue weighted by molar-refractivity contribution is 5.70. The highest BCUT2D eigenvalue weighted by Gasteiger charge is 2.04. The molecule has 0 aliphatic heterocycles. The van der Waals surface area contributed by atoms with Gasteiger partial charge >= 0.3 is 6.09 Å². The van der Waals surface area contributed by atoms with E-state index in [0.717, 1.165) is 5.69 Å². The molecule has 0 fully saturated rings. The molecule has 4 nitrogen and oxygen atoms in total. The molecule has 17 heavy (non-hydrogen) atoms. The van der Waals surface area contributed by atoms with Crippen LogP contribution < -0.4 is 10.1 Å². The van der Waals surface area contributed by atoms with Gasteiger partial charge in [0.25, 0.3) is 0 Å². The molecule has 0 saturated carbocycles. The van der Waals surface area contributed by atoms with Crippen molar-refractivity contribution in [3.05, 3.63) is 54.4 Å². The fourth-order valence-corrected chi connectivity index (χ4v) is 1.47. The van der Waals surface area contributed by atoms with E-state index in [1.165, 1.54) is 0 Å². The standard InChI is InChI=1S/C13H14N2O2/c1-15-9-5-6-11(15)10-14-13(16)17-12-7-3-2-4-8-12/h2-9H,10H2,1H3,(H,14,16). The third-order valence-electron chi connectivity index (χ3n) is 2.42. The van der Waals surface area contributed by atoms with Crippen molar-refractivity contribution in [2.75, 3.05) is 0 Å². The number of hydrogen-bond donors (Lipinski definition) is 1. The zero-order chi connectivity index (χ0) is 12.1. The van der Waals surface area contributed by atoms with Gasteiger partial charge in [0.2, 0.25) is 0 Å². The van der Waals surface area contributed by atoms with Crippen molar-refractivity contribution in [2.24, 2.45) is 7.05 Å². The number of para-hydroxylation sites is 1. The van der Waals surface area contributed by atoms with Crippen LogP contribution in [0.3, 0.4) is 0 Å². The molecule has 0 spiro atoms. The van der Waals surface area contributed by atoms with E-state index < -0.39 is 6.09 Å². The zero-order valence-electron chi connectivity index (χ0n) is 9.59. The Morgan fingerprint density at radius 2 is 2.00 bits per heavy atom. The van der Waals surface area contributed by atoms with Crippen molar-refractivity contribution >= 4 is 6.09 Å². The molecule has 0 radical (unpaired) electrons. The Hall–Kier alpha value is -2.23. The molecule has 0 saturated heterocycles. The molecule has 0 atom stereocenters. The predicted molar refractivity (Wildman–Crippen MR) is 64.7 cm³/mol. The Bertz CT molecular complexity index is 491. The van der Waals surface area contributed by atoms with Gasteiger partial charge in [-0.15, -0.1) is 0 Å². The number of ether oxygens (including phenoxy) is 1. The minimum absolute atomic E-state index is 0.447. The topological polar surface area (TPSA) is 43.3 Å². The first-order valence-electron chi connectivity index (χ1n) is 5.36. The lowest BCUT2D eigenvalue weighted by Gasteiger charge is -2.07. The SMILES string of the molecule is Cn1cccc1CNC(=O)Oc1ccccc1. The average molecular weight is 230 g/mol. The van der Waals surface area contributed by atoms with Crippen LogP contribution in [0.15, 0.2) is 48.7 Å². The van der Waals surface area contributed by atoms with Crippen molar-refractivity contribution in [2.45, 2.75) is 6.54 Å². The van der Waals surface area contributed by atoms with Crippen LogP contribution in [-0.4, -0.2) is 10.7 Å². The zero-order valence-corrected chi connectivity index (χ0v) is 9.59. The Kier molecular flexibility index (Phi) is 3.45. The minimum Gasteiger partial charge on any atom is -0.410 e. The number of carbonyl (C=O) groups excluding carboxylic acids is 1. The monoisotopic (exact) mass is 230 g/mol. The van der Waals surface area contributed by atoms with Gasteiger partial charge in [-0.25, -0.2) is 4.79 Å². The van der Waals surface area contributed by atoms with Gasteiger partial charge in [-0.3, -0.25) is 0 Å². The summed E-state index contributed by atoms with van der Waals surface area (Å²) in [5, 5.41) is 2.69. The lowest BCUT2D eigenvalue weighted by Crippen LogP contribution is -2.27. The maximum atomic E-state index is 11.5. The fourth-order valence-electron chi connectivity index (χ4n) is 1.47. The third-order valence-corrected chi connectivity index (χ3v) is 2.42. The molecule has 0 bridgehead atoms. The van der Waals surface area contributed by atoms with Crippen molar-refractivity contribution < 1.29 is 9.53 Å². The van der Waals surface area contributed by atoms with E-state index in [1.54, 1.807) is 12.1 Å². The quantitative estimate of drug-likeness (QED) is 0.879. The molecular weight excluding hydrogens is 216 g/mol. The number of amides is 1. The van der Waals surface area contributed by atoms with E-state index in [0.29, 0.717) is 12.3 Å². The molecule has 2 aromatic rings. The van der Waals surface area contributed by atoms with Crippen LogP contribution in [-0.2, 0) is 13.6 Å². The molecule has 1 N–H and O–H groups in total. The molecule has 88 valence electrons. The summed E-state index contributed by atoms with van der Waals surface area (Å²) in [4.78, 5) is 11.5. The molecular formula is C13H14N2O2. The van der Waals surface area contributed by atoms with E-state index in [4.69, 9.17) is 4.74 Å².